The highest BCUT2D eigenvalue weighted by Crippen LogP contribution is 2.36. The molecular weight excluding hydrogens is 394 g/mol. The van der Waals surface area contributed by atoms with E-state index in [1.54, 1.807) is 23.5 Å². The normalized spacial score (nSPS) is 20.2. The number of carbonyl (C=O) groups excluding carboxylic acids is 1. The van der Waals surface area contributed by atoms with Crippen molar-refractivity contribution in [2.45, 2.75) is 45.4 Å². The van der Waals surface area contributed by atoms with E-state index in [0.717, 1.165) is 11.1 Å². The van der Waals surface area contributed by atoms with Crippen LogP contribution in [0.3, 0.4) is 0 Å². The number of furan rings is 1. The van der Waals surface area contributed by atoms with Gasteiger partial charge in [0.1, 0.15) is 17.2 Å². The van der Waals surface area contributed by atoms with E-state index < -0.39 is 11.6 Å². The van der Waals surface area contributed by atoms with Crippen molar-refractivity contribution in [1.29, 1.82) is 0 Å². The first kappa shape index (κ1) is 19.8. The number of nitrogens with one attached hydrogen (secondary N) is 1. The summed E-state index contributed by atoms with van der Waals surface area (Å²) in [6.07, 6.45) is 2.84. The lowest BCUT2D eigenvalue weighted by Crippen LogP contribution is -2.54. The number of hydrogen-bond acceptors (Lipinski definition) is 6. The van der Waals surface area contributed by atoms with E-state index >= 15 is 0 Å². The van der Waals surface area contributed by atoms with Gasteiger partial charge in [0.05, 0.1) is 12.5 Å². The lowest BCUT2D eigenvalue weighted by atomic mass is 10.1. The molecule has 1 N–H and O–H groups in total. The molecule has 154 valence electrons. The number of oxazole rings is 1. The first-order valence-electron chi connectivity index (χ1n) is 9.58. The maximum Gasteiger partial charge on any atom is 0.411 e. The molecule has 0 spiro atoms. The second-order valence-electron chi connectivity index (χ2n) is 8.23. The third kappa shape index (κ3) is 3.97. The van der Waals surface area contributed by atoms with Gasteiger partial charge in [0.2, 0.25) is 5.89 Å². The molecule has 8 heteroatoms. The average Bonchev–Trinajstić information content (AvgIpc) is 3.28. The largest absolute Gasteiger partial charge is 0.472 e. The molecule has 1 aromatic carbocycles. The summed E-state index contributed by atoms with van der Waals surface area (Å²) in [7, 11) is 0. The standard InChI is InChI=1S/C21H24ClN3O4/c1-12-17(25(7-6-23-12)20(26)29-21(2,3)4)19-24-16-10-14(22)9-15(18(16)28-19)13-5-8-27-11-13/h5,8-12,17,23H,6-7H2,1-4H3/t12?,17-/m0/s1. The number of amides is 1. The molecule has 2 aromatic heterocycles. The van der Waals surface area contributed by atoms with Crippen molar-refractivity contribution in [3.8, 4) is 11.1 Å². The lowest BCUT2D eigenvalue weighted by molar-refractivity contribution is 0.00267. The van der Waals surface area contributed by atoms with E-state index in [0.29, 0.717) is 35.1 Å². The molecule has 7 nitrogen and oxygen atoms in total. The van der Waals surface area contributed by atoms with Crippen LogP contribution in [0.5, 0.6) is 0 Å². The van der Waals surface area contributed by atoms with Gasteiger partial charge in [-0.2, -0.15) is 0 Å². The van der Waals surface area contributed by atoms with Gasteiger partial charge in [-0.1, -0.05) is 11.6 Å². The Kier molecular flexibility index (Phi) is 5.04. The summed E-state index contributed by atoms with van der Waals surface area (Å²) in [6, 6.07) is 4.95. The van der Waals surface area contributed by atoms with Crippen LogP contribution in [0.4, 0.5) is 4.79 Å². The van der Waals surface area contributed by atoms with Gasteiger partial charge in [-0.25, -0.2) is 9.78 Å². The van der Waals surface area contributed by atoms with Crippen molar-refractivity contribution in [2.24, 2.45) is 0 Å². The van der Waals surface area contributed by atoms with Crippen LogP contribution in [0.2, 0.25) is 5.02 Å². The number of aromatic nitrogens is 1. The number of ether oxygens (including phenoxy) is 1. The quantitative estimate of drug-likeness (QED) is 0.631. The molecule has 29 heavy (non-hydrogen) atoms. The molecule has 0 radical (unpaired) electrons. The maximum absolute atomic E-state index is 12.8. The van der Waals surface area contributed by atoms with Gasteiger partial charge in [0, 0.05) is 35.3 Å². The highest BCUT2D eigenvalue weighted by Gasteiger charge is 2.38. The Hall–Kier alpha value is -2.51. The monoisotopic (exact) mass is 417 g/mol. The van der Waals surface area contributed by atoms with Gasteiger partial charge in [-0.3, -0.25) is 4.90 Å². The van der Waals surface area contributed by atoms with Crippen molar-refractivity contribution >= 4 is 28.8 Å². The summed E-state index contributed by atoms with van der Waals surface area (Å²) < 4.78 is 17.0. The number of hydrogen-bond donors (Lipinski definition) is 1. The minimum Gasteiger partial charge on any atom is -0.472 e. The first-order chi connectivity index (χ1) is 13.7. The van der Waals surface area contributed by atoms with Crippen molar-refractivity contribution in [3.05, 3.63) is 41.6 Å². The van der Waals surface area contributed by atoms with Crippen molar-refractivity contribution in [3.63, 3.8) is 0 Å². The molecule has 0 bridgehead atoms. The molecule has 0 aliphatic carbocycles. The molecule has 1 aliphatic heterocycles. The Labute approximate surface area is 174 Å². The SMILES string of the molecule is CC1NCCN(C(=O)OC(C)(C)C)[C@@H]1c1nc2cc(Cl)cc(-c3ccoc3)c2o1. The predicted molar refractivity (Wildman–Crippen MR) is 110 cm³/mol. The molecule has 1 fully saturated rings. The van der Waals surface area contributed by atoms with Gasteiger partial charge >= 0.3 is 6.09 Å². The Balaban J connectivity index is 1.77. The molecule has 3 aromatic rings. The molecule has 1 amide bonds. The molecule has 4 rings (SSSR count). The number of halogens is 1. The summed E-state index contributed by atoms with van der Waals surface area (Å²) >= 11 is 6.31. The second-order valence-corrected chi connectivity index (χ2v) is 8.66. The topological polar surface area (TPSA) is 80.7 Å². The molecule has 1 saturated heterocycles. The summed E-state index contributed by atoms with van der Waals surface area (Å²) in [5.74, 6) is 0.442. The predicted octanol–water partition coefficient (Wildman–Crippen LogP) is 5.01. The van der Waals surface area contributed by atoms with Crippen LogP contribution in [0.1, 0.15) is 39.6 Å². The van der Waals surface area contributed by atoms with Crippen LogP contribution < -0.4 is 5.32 Å². The van der Waals surface area contributed by atoms with Gasteiger partial charge in [0.15, 0.2) is 5.58 Å². The lowest BCUT2D eigenvalue weighted by Gasteiger charge is -2.39. The van der Waals surface area contributed by atoms with Gasteiger partial charge in [-0.15, -0.1) is 0 Å². The minimum atomic E-state index is -0.584. The van der Waals surface area contributed by atoms with Crippen LogP contribution in [-0.2, 0) is 4.74 Å². The third-order valence-electron chi connectivity index (χ3n) is 4.81. The highest BCUT2D eigenvalue weighted by molar-refractivity contribution is 6.31. The number of benzene rings is 1. The van der Waals surface area contributed by atoms with E-state index in [2.05, 4.69) is 10.3 Å². The molecule has 1 aliphatic rings. The van der Waals surface area contributed by atoms with Crippen molar-refractivity contribution in [1.82, 2.24) is 15.2 Å². The fraction of sp³-hybridized carbons (Fsp3) is 0.429. The number of carbonyl (C=O) groups is 1. The van der Waals surface area contributed by atoms with Crippen LogP contribution in [0, 0.1) is 0 Å². The summed E-state index contributed by atoms with van der Waals surface area (Å²) in [5.41, 5.74) is 2.29. The number of fused-ring (bicyclic) bond motifs is 1. The van der Waals surface area contributed by atoms with E-state index in [9.17, 15) is 4.79 Å². The van der Waals surface area contributed by atoms with Crippen LogP contribution in [0.25, 0.3) is 22.2 Å². The highest BCUT2D eigenvalue weighted by atomic mass is 35.5. The first-order valence-corrected chi connectivity index (χ1v) is 9.96. The zero-order valence-electron chi connectivity index (χ0n) is 16.9. The van der Waals surface area contributed by atoms with Crippen LogP contribution in [0.15, 0.2) is 39.6 Å². The molecular formula is C21H24ClN3O4. The Morgan fingerprint density at radius 1 is 1.38 bits per heavy atom. The Morgan fingerprint density at radius 3 is 2.86 bits per heavy atom. The number of nitrogens with zero attached hydrogens (tertiary/aromatic N) is 2. The van der Waals surface area contributed by atoms with Crippen LogP contribution >= 0.6 is 11.6 Å². The van der Waals surface area contributed by atoms with Gasteiger partial charge < -0.3 is 18.9 Å². The van der Waals surface area contributed by atoms with Crippen LogP contribution in [-0.4, -0.2) is 40.7 Å². The zero-order valence-corrected chi connectivity index (χ0v) is 17.6. The molecule has 1 unspecified atom stereocenters. The van der Waals surface area contributed by atoms with Gasteiger partial charge in [0.25, 0.3) is 0 Å². The third-order valence-corrected chi connectivity index (χ3v) is 5.03. The summed E-state index contributed by atoms with van der Waals surface area (Å²) in [5, 5.41) is 3.93. The molecule has 3 heterocycles. The van der Waals surface area contributed by atoms with Crippen molar-refractivity contribution in [2.75, 3.05) is 13.1 Å². The smallest absolute Gasteiger partial charge is 0.411 e. The number of rotatable bonds is 2. The van der Waals surface area contributed by atoms with Crippen molar-refractivity contribution < 1.29 is 18.4 Å². The minimum absolute atomic E-state index is 0.0582. The number of piperazine rings is 1. The fourth-order valence-corrected chi connectivity index (χ4v) is 3.79. The van der Waals surface area contributed by atoms with Gasteiger partial charge in [-0.05, 0) is 45.9 Å². The summed E-state index contributed by atoms with van der Waals surface area (Å²) in [6.45, 7) is 8.72. The van der Waals surface area contributed by atoms with E-state index in [1.165, 1.54) is 0 Å². The Morgan fingerprint density at radius 2 is 2.17 bits per heavy atom. The maximum atomic E-state index is 12.8. The summed E-state index contributed by atoms with van der Waals surface area (Å²) in [4.78, 5) is 19.2. The fourth-order valence-electron chi connectivity index (χ4n) is 3.58. The van der Waals surface area contributed by atoms with E-state index in [4.69, 9.17) is 25.2 Å². The van der Waals surface area contributed by atoms with E-state index in [1.807, 2.05) is 39.8 Å². The Bertz CT molecular complexity index is 1020. The average molecular weight is 418 g/mol. The zero-order chi connectivity index (χ0) is 20.8. The second kappa shape index (κ2) is 7.39. The molecule has 2 atom stereocenters. The van der Waals surface area contributed by atoms with E-state index in [-0.39, 0.29) is 12.1 Å². The molecule has 0 saturated carbocycles.